The van der Waals surface area contributed by atoms with Gasteiger partial charge in [-0.1, -0.05) is 29.8 Å². The third kappa shape index (κ3) is 3.60. The summed E-state index contributed by atoms with van der Waals surface area (Å²) in [6.07, 6.45) is 1.24. The number of anilines is 1. The van der Waals surface area contributed by atoms with E-state index < -0.39 is 23.5 Å². The fraction of sp³-hybridized carbons (Fsp3) is 0.158. The number of rotatable bonds is 3. The summed E-state index contributed by atoms with van der Waals surface area (Å²) >= 11 is 5.99. The first-order valence-corrected chi connectivity index (χ1v) is 8.25. The van der Waals surface area contributed by atoms with Crippen LogP contribution in [0.15, 0.2) is 48.2 Å². The summed E-state index contributed by atoms with van der Waals surface area (Å²) < 4.78 is 27.8. The number of carbonyl (C=O) groups excluding carboxylic acids is 2. The lowest BCUT2D eigenvalue weighted by Crippen LogP contribution is -2.32. The molecule has 7 heteroatoms. The van der Waals surface area contributed by atoms with Gasteiger partial charge < -0.3 is 10.6 Å². The molecule has 1 aliphatic rings. The molecule has 134 valence electrons. The van der Waals surface area contributed by atoms with Gasteiger partial charge in [-0.25, -0.2) is 8.78 Å². The summed E-state index contributed by atoms with van der Waals surface area (Å²) in [6.45, 7) is 1.55. The molecule has 0 saturated carbocycles. The van der Waals surface area contributed by atoms with Gasteiger partial charge in [-0.15, -0.1) is 0 Å². The van der Waals surface area contributed by atoms with Gasteiger partial charge in [-0.3, -0.25) is 9.59 Å². The van der Waals surface area contributed by atoms with E-state index in [0.717, 1.165) is 0 Å². The summed E-state index contributed by atoms with van der Waals surface area (Å²) in [5.41, 5.74) is 0.869. The van der Waals surface area contributed by atoms with Crippen molar-refractivity contribution in [1.82, 2.24) is 5.32 Å². The maximum Gasteiger partial charge on any atom is 0.253 e. The molecule has 0 aliphatic carbocycles. The Morgan fingerprint density at radius 1 is 1.27 bits per heavy atom. The zero-order chi connectivity index (χ0) is 18.8. The van der Waals surface area contributed by atoms with Crippen molar-refractivity contribution in [3.8, 4) is 0 Å². The van der Waals surface area contributed by atoms with Crippen LogP contribution in [-0.4, -0.2) is 11.8 Å². The Morgan fingerprint density at radius 3 is 2.77 bits per heavy atom. The Labute approximate surface area is 153 Å². The van der Waals surface area contributed by atoms with Crippen LogP contribution in [0.4, 0.5) is 14.5 Å². The minimum absolute atomic E-state index is 0.0211. The Morgan fingerprint density at radius 2 is 2.04 bits per heavy atom. The summed E-state index contributed by atoms with van der Waals surface area (Å²) in [5.74, 6) is -2.66. The Kier molecular flexibility index (Phi) is 5.04. The van der Waals surface area contributed by atoms with Crippen molar-refractivity contribution < 1.29 is 18.4 Å². The Balaban J connectivity index is 1.94. The van der Waals surface area contributed by atoms with E-state index in [-0.39, 0.29) is 28.6 Å². The molecule has 1 atom stereocenters. The van der Waals surface area contributed by atoms with Crippen molar-refractivity contribution >= 4 is 29.1 Å². The normalized spacial score (nSPS) is 16.7. The maximum atomic E-state index is 14.3. The maximum absolute atomic E-state index is 14.3. The summed E-state index contributed by atoms with van der Waals surface area (Å²) in [6, 6.07) is 8.67. The second kappa shape index (κ2) is 7.25. The molecule has 0 saturated heterocycles. The first kappa shape index (κ1) is 18.1. The molecule has 1 unspecified atom stereocenters. The largest absolute Gasteiger partial charge is 0.332 e. The van der Waals surface area contributed by atoms with Crippen LogP contribution in [0.5, 0.6) is 0 Å². The fourth-order valence-corrected chi connectivity index (χ4v) is 3.01. The van der Waals surface area contributed by atoms with E-state index >= 15 is 0 Å². The van der Waals surface area contributed by atoms with Crippen molar-refractivity contribution in [2.24, 2.45) is 0 Å². The van der Waals surface area contributed by atoms with Crippen molar-refractivity contribution in [2.45, 2.75) is 19.3 Å². The number of benzene rings is 2. The van der Waals surface area contributed by atoms with Crippen LogP contribution in [0.3, 0.4) is 0 Å². The lowest BCUT2D eigenvalue weighted by Gasteiger charge is -2.24. The Hall–Kier alpha value is -2.73. The van der Waals surface area contributed by atoms with Gasteiger partial charge in [-0.2, -0.15) is 0 Å². The minimum Gasteiger partial charge on any atom is -0.332 e. The predicted octanol–water partition coefficient (Wildman–Crippen LogP) is 4.05. The molecule has 3 rings (SSSR count). The molecule has 1 heterocycles. The quantitative estimate of drug-likeness (QED) is 0.849. The van der Waals surface area contributed by atoms with Gasteiger partial charge in [0.1, 0.15) is 5.82 Å². The molecular formula is C19H15ClF2N2O2. The molecule has 2 N–H and O–H groups in total. The van der Waals surface area contributed by atoms with E-state index in [4.69, 9.17) is 11.6 Å². The van der Waals surface area contributed by atoms with Crippen LogP contribution in [0.25, 0.3) is 0 Å². The molecule has 2 aromatic rings. The molecule has 0 fully saturated rings. The number of amides is 2. The number of aryl methyl sites for hydroxylation is 1. The van der Waals surface area contributed by atoms with E-state index in [1.54, 1.807) is 13.0 Å². The van der Waals surface area contributed by atoms with Crippen LogP contribution < -0.4 is 10.6 Å². The highest BCUT2D eigenvalue weighted by molar-refractivity contribution is 6.34. The smallest absolute Gasteiger partial charge is 0.253 e. The van der Waals surface area contributed by atoms with Crippen LogP contribution in [0.1, 0.15) is 23.5 Å². The highest BCUT2D eigenvalue weighted by Crippen LogP contribution is 2.33. The topological polar surface area (TPSA) is 58.2 Å². The molecule has 4 nitrogen and oxygen atoms in total. The minimum atomic E-state index is -0.647. The summed E-state index contributed by atoms with van der Waals surface area (Å²) in [4.78, 5) is 24.5. The van der Waals surface area contributed by atoms with Gasteiger partial charge in [0, 0.05) is 24.1 Å². The first-order valence-electron chi connectivity index (χ1n) is 7.87. The van der Waals surface area contributed by atoms with E-state index in [1.165, 1.54) is 36.5 Å². The van der Waals surface area contributed by atoms with Crippen molar-refractivity contribution in [3.05, 3.63) is 76.0 Å². The van der Waals surface area contributed by atoms with Crippen LogP contribution in [-0.2, 0) is 9.59 Å². The van der Waals surface area contributed by atoms with Gasteiger partial charge in [0.2, 0.25) is 5.91 Å². The molecular weight excluding hydrogens is 362 g/mol. The molecule has 0 aromatic heterocycles. The molecule has 0 bridgehead atoms. The van der Waals surface area contributed by atoms with Gasteiger partial charge in [0.25, 0.3) is 5.91 Å². The third-order valence-electron chi connectivity index (χ3n) is 4.19. The van der Waals surface area contributed by atoms with Gasteiger partial charge in [0.15, 0.2) is 5.82 Å². The van der Waals surface area contributed by atoms with Crippen molar-refractivity contribution in [1.29, 1.82) is 0 Å². The number of nitrogens with one attached hydrogen (secondary N) is 2. The fourth-order valence-electron chi connectivity index (χ4n) is 2.81. The van der Waals surface area contributed by atoms with Crippen molar-refractivity contribution in [3.63, 3.8) is 0 Å². The monoisotopic (exact) mass is 376 g/mol. The molecule has 26 heavy (non-hydrogen) atoms. The number of halogens is 3. The average Bonchev–Trinajstić information content (AvgIpc) is 2.61. The van der Waals surface area contributed by atoms with Gasteiger partial charge in [-0.05, 0) is 36.2 Å². The lowest BCUT2D eigenvalue weighted by molar-refractivity contribution is -0.121. The SMILES string of the molecule is Cc1ccc(Cl)c(NC(=O)C2=CNC(=O)CC2c2cccc(F)c2)c1F. The van der Waals surface area contributed by atoms with Gasteiger partial charge in [0.05, 0.1) is 10.7 Å². The molecule has 2 amide bonds. The second-order valence-electron chi connectivity index (χ2n) is 5.99. The van der Waals surface area contributed by atoms with Crippen LogP contribution in [0, 0.1) is 18.6 Å². The van der Waals surface area contributed by atoms with E-state index in [2.05, 4.69) is 10.6 Å². The molecule has 2 aromatic carbocycles. The highest BCUT2D eigenvalue weighted by Gasteiger charge is 2.30. The molecule has 0 radical (unpaired) electrons. The number of carbonyl (C=O) groups is 2. The van der Waals surface area contributed by atoms with E-state index in [0.29, 0.717) is 11.1 Å². The van der Waals surface area contributed by atoms with Crippen molar-refractivity contribution in [2.75, 3.05) is 5.32 Å². The number of hydrogen-bond acceptors (Lipinski definition) is 2. The van der Waals surface area contributed by atoms with E-state index in [9.17, 15) is 18.4 Å². The third-order valence-corrected chi connectivity index (χ3v) is 4.50. The second-order valence-corrected chi connectivity index (χ2v) is 6.39. The predicted molar refractivity (Wildman–Crippen MR) is 94.8 cm³/mol. The molecule has 0 spiro atoms. The summed E-state index contributed by atoms with van der Waals surface area (Å²) in [5, 5.41) is 4.99. The van der Waals surface area contributed by atoms with Crippen LogP contribution in [0.2, 0.25) is 5.02 Å². The highest BCUT2D eigenvalue weighted by atomic mass is 35.5. The standard InChI is InChI=1S/C19H15ClF2N2O2/c1-10-5-6-15(20)18(17(10)22)24-19(26)14-9-23-16(25)8-13(14)11-3-2-4-12(21)7-11/h2-7,9,13H,8H2,1H3,(H,23,25)(H,24,26). The van der Waals surface area contributed by atoms with E-state index in [1.807, 2.05) is 0 Å². The summed E-state index contributed by atoms with van der Waals surface area (Å²) in [7, 11) is 0. The molecule has 1 aliphatic heterocycles. The average molecular weight is 377 g/mol. The van der Waals surface area contributed by atoms with Crippen LogP contribution >= 0.6 is 11.6 Å². The lowest BCUT2D eigenvalue weighted by atomic mass is 9.86. The Bertz CT molecular complexity index is 928. The zero-order valence-electron chi connectivity index (χ0n) is 13.8. The van der Waals surface area contributed by atoms with Gasteiger partial charge >= 0.3 is 0 Å². The first-order chi connectivity index (χ1) is 12.4. The zero-order valence-corrected chi connectivity index (χ0v) is 14.5. The number of hydrogen-bond donors (Lipinski definition) is 2.